The van der Waals surface area contributed by atoms with Crippen LogP contribution in [-0.4, -0.2) is 12.3 Å². The number of aldehydes is 1. The van der Waals surface area contributed by atoms with E-state index in [2.05, 4.69) is 11.8 Å². The van der Waals surface area contributed by atoms with E-state index in [1.165, 1.54) is 0 Å². The molecule has 0 amide bonds. The van der Waals surface area contributed by atoms with Gasteiger partial charge in [0.05, 0.1) is 12.0 Å². The Bertz CT molecular complexity index is 477. The standard InChI is InChI=1S/C12H8O3/c13-6-2-1-3-9-4-5-11-10(7-9)8-15-12(11)14/h4-7H,2,8H2. The number of hydrogen-bond acceptors (Lipinski definition) is 3. The lowest BCUT2D eigenvalue weighted by atomic mass is 10.1. The van der Waals surface area contributed by atoms with Crippen LogP contribution in [0.4, 0.5) is 0 Å². The van der Waals surface area contributed by atoms with Gasteiger partial charge in [0.15, 0.2) is 0 Å². The fourth-order valence-electron chi connectivity index (χ4n) is 1.41. The van der Waals surface area contributed by atoms with E-state index in [0.717, 1.165) is 17.4 Å². The van der Waals surface area contributed by atoms with Crippen LogP contribution in [0.3, 0.4) is 0 Å². The van der Waals surface area contributed by atoms with E-state index >= 15 is 0 Å². The molecular formula is C12H8O3. The van der Waals surface area contributed by atoms with Crippen LogP contribution in [0.1, 0.15) is 27.9 Å². The lowest BCUT2D eigenvalue weighted by Crippen LogP contribution is -1.92. The molecule has 1 aromatic carbocycles. The number of ether oxygens (including phenoxy) is 1. The second-order valence-electron chi connectivity index (χ2n) is 3.12. The highest BCUT2D eigenvalue weighted by atomic mass is 16.5. The smallest absolute Gasteiger partial charge is 0.338 e. The van der Waals surface area contributed by atoms with Crippen molar-refractivity contribution in [2.24, 2.45) is 0 Å². The molecule has 0 aromatic heterocycles. The summed E-state index contributed by atoms with van der Waals surface area (Å²) in [7, 11) is 0. The molecule has 0 aliphatic carbocycles. The van der Waals surface area contributed by atoms with Gasteiger partial charge in [-0.2, -0.15) is 0 Å². The van der Waals surface area contributed by atoms with Crippen LogP contribution < -0.4 is 0 Å². The number of rotatable bonds is 1. The van der Waals surface area contributed by atoms with E-state index in [-0.39, 0.29) is 12.4 Å². The Kier molecular flexibility index (Phi) is 2.51. The first-order valence-corrected chi connectivity index (χ1v) is 4.54. The molecule has 3 nitrogen and oxygen atoms in total. The molecule has 0 fully saturated rings. The summed E-state index contributed by atoms with van der Waals surface area (Å²) in [5, 5.41) is 0. The minimum atomic E-state index is -0.280. The predicted molar refractivity (Wildman–Crippen MR) is 53.1 cm³/mol. The normalized spacial score (nSPS) is 12.4. The van der Waals surface area contributed by atoms with Crippen LogP contribution in [0.2, 0.25) is 0 Å². The van der Waals surface area contributed by atoms with Crippen molar-refractivity contribution in [1.82, 2.24) is 0 Å². The molecule has 1 aliphatic heterocycles. The zero-order valence-corrected chi connectivity index (χ0v) is 7.95. The fourth-order valence-corrected chi connectivity index (χ4v) is 1.41. The van der Waals surface area contributed by atoms with Crippen LogP contribution in [0, 0.1) is 11.8 Å². The van der Waals surface area contributed by atoms with Crippen LogP contribution in [-0.2, 0) is 16.1 Å². The third-order valence-electron chi connectivity index (χ3n) is 2.10. The highest BCUT2D eigenvalue weighted by Gasteiger charge is 2.20. The number of benzene rings is 1. The highest BCUT2D eigenvalue weighted by molar-refractivity contribution is 5.93. The Balaban J connectivity index is 2.28. The molecule has 0 radical (unpaired) electrons. The first-order valence-electron chi connectivity index (χ1n) is 4.54. The molecule has 15 heavy (non-hydrogen) atoms. The van der Waals surface area contributed by atoms with E-state index in [9.17, 15) is 9.59 Å². The zero-order valence-electron chi connectivity index (χ0n) is 7.95. The molecule has 0 spiro atoms. The summed E-state index contributed by atoms with van der Waals surface area (Å²) in [5.41, 5.74) is 2.27. The Morgan fingerprint density at radius 3 is 3.13 bits per heavy atom. The minimum Gasteiger partial charge on any atom is -0.457 e. The van der Waals surface area contributed by atoms with E-state index in [1.54, 1.807) is 12.1 Å². The number of hydrogen-bond donors (Lipinski definition) is 0. The van der Waals surface area contributed by atoms with Gasteiger partial charge in [-0.25, -0.2) is 4.79 Å². The zero-order chi connectivity index (χ0) is 10.7. The maximum atomic E-state index is 11.1. The molecule has 1 aromatic rings. The summed E-state index contributed by atoms with van der Waals surface area (Å²) in [6.45, 7) is 0.317. The van der Waals surface area contributed by atoms with Gasteiger partial charge in [0.25, 0.3) is 0 Å². The average molecular weight is 200 g/mol. The van der Waals surface area contributed by atoms with Crippen molar-refractivity contribution in [2.75, 3.05) is 0 Å². The van der Waals surface area contributed by atoms with Gasteiger partial charge in [-0.3, -0.25) is 0 Å². The van der Waals surface area contributed by atoms with Gasteiger partial charge in [-0.05, 0) is 18.2 Å². The van der Waals surface area contributed by atoms with E-state index < -0.39 is 0 Å². The van der Waals surface area contributed by atoms with E-state index in [0.29, 0.717) is 12.2 Å². The second-order valence-corrected chi connectivity index (χ2v) is 3.12. The molecule has 0 unspecified atom stereocenters. The third-order valence-corrected chi connectivity index (χ3v) is 2.10. The Morgan fingerprint density at radius 1 is 1.47 bits per heavy atom. The summed E-state index contributed by atoms with van der Waals surface area (Å²) >= 11 is 0. The summed E-state index contributed by atoms with van der Waals surface area (Å²) in [6.07, 6.45) is 0.986. The van der Waals surface area contributed by atoms with E-state index in [1.807, 2.05) is 6.07 Å². The predicted octanol–water partition coefficient (Wildman–Crippen LogP) is 1.30. The first kappa shape index (κ1) is 9.47. The lowest BCUT2D eigenvalue weighted by Gasteiger charge is -1.94. The van der Waals surface area contributed by atoms with Gasteiger partial charge in [-0.1, -0.05) is 11.8 Å². The van der Waals surface area contributed by atoms with Crippen molar-refractivity contribution in [3.63, 3.8) is 0 Å². The maximum absolute atomic E-state index is 11.1. The van der Waals surface area contributed by atoms with Crippen molar-refractivity contribution in [3.05, 3.63) is 34.9 Å². The third kappa shape index (κ3) is 1.89. The van der Waals surface area contributed by atoms with Crippen molar-refractivity contribution in [1.29, 1.82) is 0 Å². The number of carbonyl (C=O) groups excluding carboxylic acids is 2. The summed E-state index contributed by atoms with van der Waals surface area (Å²) < 4.78 is 4.86. The van der Waals surface area contributed by atoms with Crippen LogP contribution in [0.25, 0.3) is 0 Å². The molecule has 0 saturated heterocycles. The van der Waals surface area contributed by atoms with Gasteiger partial charge in [0, 0.05) is 11.1 Å². The summed E-state index contributed by atoms with van der Waals surface area (Å²) in [4.78, 5) is 21.2. The Hall–Kier alpha value is -2.08. The molecule has 0 N–H and O–H groups in total. The molecule has 74 valence electrons. The topological polar surface area (TPSA) is 43.4 Å². The molecule has 0 saturated carbocycles. The Morgan fingerprint density at radius 2 is 2.33 bits per heavy atom. The molecule has 2 rings (SSSR count). The van der Waals surface area contributed by atoms with Gasteiger partial charge < -0.3 is 9.53 Å². The van der Waals surface area contributed by atoms with Crippen LogP contribution in [0.15, 0.2) is 18.2 Å². The molecule has 0 atom stereocenters. The lowest BCUT2D eigenvalue weighted by molar-refractivity contribution is -0.107. The van der Waals surface area contributed by atoms with Crippen molar-refractivity contribution in [2.45, 2.75) is 13.0 Å². The van der Waals surface area contributed by atoms with Crippen molar-refractivity contribution in [3.8, 4) is 11.8 Å². The molecule has 3 heteroatoms. The SMILES string of the molecule is O=CCC#Cc1ccc2c(c1)COC2=O. The van der Waals surface area contributed by atoms with Gasteiger partial charge in [0.2, 0.25) is 0 Å². The quantitative estimate of drug-likeness (QED) is 0.390. The Labute approximate surface area is 87.1 Å². The average Bonchev–Trinajstić information content (AvgIpc) is 2.61. The fraction of sp³-hybridized carbons (Fsp3) is 0.167. The number of esters is 1. The van der Waals surface area contributed by atoms with E-state index in [4.69, 9.17) is 4.74 Å². The second kappa shape index (κ2) is 3.97. The maximum Gasteiger partial charge on any atom is 0.338 e. The summed E-state index contributed by atoms with van der Waals surface area (Å²) in [6, 6.07) is 5.27. The largest absolute Gasteiger partial charge is 0.457 e. The summed E-state index contributed by atoms with van der Waals surface area (Å²) in [5.74, 6) is 5.27. The number of fused-ring (bicyclic) bond motifs is 1. The first-order chi connectivity index (χ1) is 7.31. The van der Waals surface area contributed by atoms with Crippen molar-refractivity contribution < 1.29 is 14.3 Å². The van der Waals surface area contributed by atoms with Gasteiger partial charge in [-0.15, -0.1) is 0 Å². The number of cyclic esters (lactones) is 1. The number of carbonyl (C=O) groups is 2. The van der Waals surface area contributed by atoms with Gasteiger partial charge >= 0.3 is 5.97 Å². The van der Waals surface area contributed by atoms with Crippen LogP contribution >= 0.6 is 0 Å². The van der Waals surface area contributed by atoms with Crippen molar-refractivity contribution >= 4 is 12.3 Å². The molecule has 1 aliphatic rings. The van der Waals surface area contributed by atoms with Gasteiger partial charge in [0.1, 0.15) is 12.9 Å². The monoisotopic (exact) mass is 200 g/mol. The highest BCUT2D eigenvalue weighted by Crippen LogP contribution is 2.20. The van der Waals surface area contributed by atoms with Crippen LogP contribution in [0.5, 0.6) is 0 Å². The molecule has 0 bridgehead atoms. The minimum absolute atomic E-state index is 0.229. The molecular weight excluding hydrogens is 192 g/mol. The molecule has 1 heterocycles.